The van der Waals surface area contributed by atoms with E-state index in [1.807, 2.05) is 49.9 Å². The van der Waals surface area contributed by atoms with Gasteiger partial charge in [0.2, 0.25) is 11.8 Å². The molecule has 3 amide bonds. The van der Waals surface area contributed by atoms with Crippen LogP contribution in [0.2, 0.25) is 0 Å². The van der Waals surface area contributed by atoms with Crippen LogP contribution >= 0.6 is 11.3 Å². The summed E-state index contributed by atoms with van der Waals surface area (Å²) in [5.74, 6) is -1.89. The molecule has 3 rings (SSSR count). The van der Waals surface area contributed by atoms with E-state index in [2.05, 4.69) is 50.6 Å². The Morgan fingerprint density at radius 3 is 2.35 bits per heavy atom. The lowest BCUT2D eigenvalue weighted by Gasteiger charge is -2.39. The molecule has 0 fully saturated rings. The molecule has 0 bridgehead atoms. The Balaban J connectivity index is 1.85. The van der Waals surface area contributed by atoms with Gasteiger partial charge in [-0.05, 0) is 68.0 Å². The molecule has 0 saturated carbocycles. The fourth-order valence-electron chi connectivity index (χ4n) is 7.07. The number of fused-ring (bicyclic) bond motifs is 1. The molecule has 7 unspecified atom stereocenters. The number of hydrogen-bond donors (Lipinski definition) is 4. The number of aromatic nitrogens is 1. The van der Waals surface area contributed by atoms with Crippen LogP contribution in [0.1, 0.15) is 133 Å². The highest BCUT2D eigenvalue weighted by Gasteiger charge is 2.38. The van der Waals surface area contributed by atoms with Crippen LogP contribution in [0.5, 0.6) is 0 Å². The van der Waals surface area contributed by atoms with Gasteiger partial charge in [-0.15, -0.1) is 11.3 Å². The van der Waals surface area contributed by atoms with Crippen molar-refractivity contribution >= 4 is 35.0 Å². The summed E-state index contributed by atoms with van der Waals surface area (Å²) in [6.45, 7) is 17.5. The van der Waals surface area contributed by atoms with E-state index in [0.29, 0.717) is 49.8 Å². The van der Waals surface area contributed by atoms with Gasteiger partial charge in [-0.2, -0.15) is 0 Å². The van der Waals surface area contributed by atoms with Crippen LogP contribution in [-0.2, 0) is 25.5 Å². The maximum atomic E-state index is 14.6. The molecule has 1 heterocycles. The fourth-order valence-corrected chi connectivity index (χ4v) is 7.92. The fraction of sp³-hybridized carbons (Fsp3) is 0.675. The first-order valence-corrected chi connectivity index (χ1v) is 20.1. The second-order valence-corrected chi connectivity index (χ2v) is 15.9. The van der Waals surface area contributed by atoms with Gasteiger partial charge >= 0.3 is 5.97 Å². The molecule has 11 nitrogen and oxygen atoms in total. The molecule has 1 aliphatic rings. The Hall–Kier alpha value is -3.35. The van der Waals surface area contributed by atoms with Crippen molar-refractivity contribution in [3.63, 3.8) is 0 Å². The van der Waals surface area contributed by atoms with Crippen LogP contribution in [0.25, 0.3) is 0 Å². The van der Waals surface area contributed by atoms with Gasteiger partial charge in [0.15, 0.2) is 0 Å². The molecule has 0 spiro atoms. The van der Waals surface area contributed by atoms with E-state index >= 15 is 0 Å². The molecule has 4 N–H and O–H groups in total. The van der Waals surface area contributed by atoms with Gasteiger partial charge in [0.1, 0.15) is 22.8 Å². The van der Waals surface area contributed by atoms with Crippen LogP contribution in [-0.4, -0.2) is 83.0 Å². The van der Waals surface area contributed by atoms with E-state index in [9.17, 15) is 24.3 Å². The van der Waals surface area contributed by atoms with Crippen molar-refractivity contribution in [3.8, 4) is 0 Å². The zero-order valence-corrected chi connectivity index (χ0v) is 33.6. The molecular weight excluding hydrogens is 679 g/mol. The molecule has 52 heavy (non-hydrogen) atoms. The minimum Gasteiger partial charge on any atom is -0.481 e. The first-order valence-electron chi connectivity index (χ1n) is 19.2. The summed E-state index contributed by atoms with van der Waals surface area (Å²) in [5, 5.41) is 21.6. The summed E-state index contributed by atoms with van der Waals surface area (Å²) in [7, 11) is 1.78. The Morgan fingerprint density at radius 2 is 1.75 bits per heavy atom. The van der Waals surface area contributed by atoms with E-state index < -0.39 is 30.1 Å². The second kappa shape index (κ2) is 20.8. The number of likely N-dealkylation sites (N-methyl/N-ethyl adjacent to an activating group) is 1. The van der Waals surface area contributed by atoms with E-state index in [0.717, 1.165) is 30.4 Å². The minimum atomic E-state index is -0.903. The van der Waals surface area contributed by atoms with Crippen molar-refractivity contribution in [2.24, 2.45) is 17.8 Å². The smallest absolute Gasteiger partial charge is 0.311 e. The normalized spacial score (nSPS) is 18.6. The predicted molar refractivity (Wildman–Crippen MR) is 206 cm³/mol. The van der Waals surface area contributed by atoms with Gasteiger partial charge < -0.3 is 30.7 Å². The first kappa shape index (κ1) is 43.1. The number of hydrogen-bond acceptors (Lipinski definition) is 8. The largest absolute Gasteiger partial charge is 0.481 e. The van der Waals surface area contributed by atoms with Gasteiger partial charge in [0.25, 0.3) is 5.91 Å². The van der Waals surface area contributed by atoms with E-state index in [1.165, 1.54) is 11.3 Å². The topological polar surface area (TPSA) is 150 Å². The Kier molecular flexibility index (Phi) is 17.2. The number of thiazole rings is 1. The van der Waals surface area contributed by atoms with Crippen molar-refractivity contribution in [1.29, 1.82) is 0 Å². The van der Waals surface area contributed by atoms with E-state index in [4.69, 9.17) is 9.72 Å². The average molecular weight is 742 g/mol. The highest BCUT2D eigenvalue weighted by molar-refractivity contribution is 7.09. The zero-order chi connectivity index (χ0) is 38.5. The van der Waals surface area contributed by atoms with Gasteiger partial charge in [-0.25, -0.2) is 4.98 Å². The third kappa shape index (κ3) is 11.6. The SMILES string of the molecule is CCCOC(CC(C(C)C)N(CCC)C(=O)C(NC(=O)C(CC(C)C)NC)C(C)CC)c1nc(C(=O)NC2Cc3ccccc3C(C(=O)O)C2)cs1. The van der Waals surface area contributed by atoms with Crippen molar-refractivity contribution in [3.05, 3.63) is 51.5 Å². The minimum absolute atomic E-state index is 0.0709. The van der Waals surface area contributed by atoms with Crippen molar-refractivity contribution in [1.82, 2.24) is 25.8 Å². The number of carbonyl (C=O) groups is 4. The van der Waals surface area contributed by atoms with Gasteiger partial charge in [0, 0.05) is 37.0 Å². The molecule has 1 aliphatic carbocycles. The van der Waals surface area contributed by atoms with E-state index in [-0.39, 0.29) is 47.3 Å². The molecule has 1 aromatic heterocycles. The number of aliphatic carboxylic acids is 1. The molecule has 12 heteroatoms. The number of carbonyl (C=O) groups excluding carboxylic acids is 3. The Morgan fingerprint density at radius 1 is 1.04 bits per heavy atom. The lowest BCUT2D eigenvalue weighted by Crippen LogP contribution is -2.58. The lowest BCUT2D eigenvalue weighted by molar-refractivity contribution is -0.142. The highest BCUT2D eigenvalue weighted by Crippen LogP contribution is 2.34. The third-order valence-corrected chi connectivity index (χ3v) is 11.1. The lowest BCUT2D eigenvalue weighted by atomic mass is 9.80. The number of nitrogens with one attached hydrogen (secondary N) is 3. The van der Waals surface area contributed by atoms with Crippen LogP contribution in [0.4, 0.5) is 0 Å². The molecule has 290 valence electrons. The van der Waals surface area contributed by atoms with Crippen LogP contribution in [0, 0.1) is 17.8 Å². The summed E-state index contributed by atoms with van der Waals surface area (Å²) < 4.78 is 6.40. The Bertz CT molecular complexity index is 1460. The summed E-state index contributed by atoms with van der Waals surface area (Å²) in [5.41, 5.74) is 1.99. The molecule has 2 aromatic rings. The molecule has 1 aromatic carbocycles. The monoisotopic (exact) mass is 741 g/mol. The first-order chi connectivity index (χ1) is 24.8. The van der Waals surface area contributed by atoms with Crippen molar-refractivity contribution < 1.29 is 29.0 Å². The number of carboxylic acid groups (broad SMARTS) is 1. The second-order valence-electron chi connectivity index (χ2n) is 15.1. The highest BCUT2D eigenvalue weighted by atomic mass is 32.1. The summed E-state index contributed by atoms with van der Waals surface area (Å²) in [4.78, 5) is 60.3. The molecule has 0 saturated heterocycles. The number of carboxylic acids is 1. The maximum Gasteiger partial charge on any atom is 0.311 e. The van der Waals surface area contributed by atoms with Crippen LogP contribution in [0.15, 0.2) is 29.6 Å². The van der Waals surface area contributed by atoms with E-state index in [1.54, 1.807) is 12.4 Å². The standard InChI is InChI=1S/C40H63N5O6S/c1-10-17-45(39(48)35(26(8)12-3)44-36(46)31(41-9)19-24(4)5)33(25(6)7)22-34(51-18-11-2)38-43-32(23-52-38)37(47)42-28-20-27-15-13-14-16-29(27)30(21-28)40(49)50/h13-16,23-26,28,30-31,33-35,41H,10-12,17-22H2,1-9H3,(H,42,47)(H,44,46)(H,49,50). The number of amides is 3. The quantitative estimate of drug-likeness (QED) is 0.116. The molecule has 7 atom stereocenters. The van der Waals surface area contributed by atoms with Crippen LogP contribution < -0.4 is 16.0 Å². The number of nitrogens with zero attached hydrogens (tertiary/aromatic N) is 2. The van der Waals surface area contributed by atoms with Gasteiger partial charge in [-0.3, -0.25) is 19.2 Å². The number of benzene rings is 1. The molecular formula is C40H63N5O6S. The summed E-state index contributed by atoms with van der Waals surface area (Å²) in [6.07, 6.45) is 3.81. The van der Waals surface area contributed by atoms with Crippen molar-refractivity contribution in [2.45, 2.75) is 137 Å². The Labute approximate surface area is 315 Å². The van der Waals surface area contributed by atoms with Gasteiger partial charge in [0.05, 0.1) is 12.0 Å². The predicted octanol–water partition coefficient (Wildman–Crippen LogP) is 6.34. The molecule has 0 radical (unpaired) electrons. The summed E-state index contributed by atoms with van der Waals surface area (Å²) >= 11 is 1.35. The summed E-state index contributed by atoms with van der Waals surface area (Å²) in [6, 6.07) is 5.88. The average Bonchev–Trinajstić information content (AvgIpc) is 3.61. The third-order valence-electron chi connectivity index (χ3n) is 10.1. The van der Waals surface area contributed by atoms with Crippen LogP contribution in [0.3, 0.4) is 0 Å². The van der Waals surface area contributed by atoms with Crippen molar-refractivity contribution in [2.75, 3.05) is 20.2 Å². The zero-order valence-electron chi connectivity index (χ0n) is 32.7. The number of ether oxygens (including phenoxy) is 1. The van der Waals surface area contributed by atoms with Gasteiger partial charge in [-0.1, -0.05) is 86.1 Å². The molecule has 0 aliphatic heterocycles. The maximum absolute atomic E-state index is 14.6. The number of rotatable bonds is 21.